The number of unbranched alkanes of at least 4 members (excludes halogenated alkanes) is 17. The summed E-state index contributed by atoms with van der Waals surface area (Å²) in [7, 11) is -4.61. The Labute approximate surface area is 356 Å². The fraction of sp³-hybridized carbons (Fsp3) is 0.783. The van der Waals surface area contributed by atoms with Crippen molar-refractivity contribution >= 4 is 22.1 Å². The quantitative estimate of drug-likeness (QED) is 0.0201. The van der Waals surface area contributed by atoms with Crippen molar-refractivity contribution in [1.29, 1.82) is 0 Å². The molecule has 0 bridgehead atoms. The predicted molar refractivity (Wildman–Crippen MR) is 233 cm³/mol. The van der Waals surface area contributed by atoms with Crippen LogP contribution in [0, 0.1) is 0 Å². The predicted octanol–water partition coefficient (Wildman–Crippen LogP) is 9.17. The molecule has 0 aromatic heterocycles. The number of rotatable bonds is 37. The Hall–Kier alpha value is -2.39. The molecule has 1 heterocycles. The summed E-state index contributed by atoms with van der Waals surface area (Å²) >= 11 is 0. The summed E-state index contributed by atoms with van der Waals surface area (Å²) < 4.78 is 54.0. The lowest BCUT2D eigenvalue weighted by atomic mass is 10.00. The van der Waals surface area contributed by atoms with Gasteiger partial charge in [0.15, 0.2) is 12.4 Å². The van der Waals surface area contributed by atoms with Gasteiger partial charge in [-0.05, 0) is 70.6 Å². The van der Waals surface area contributed by atoms with Crippen molar-refractivity contribution in [2.75, 3.05) is 19.0 Å². The van der Waals surface area contributed by atoms with E-state index in [0.29, 0.717) is 19.3 Å². The summed E-state index contributed by atoms with van der Waals surface area (Å²) in [6.07, 6.45) is 33.1. The van der Waals surface area contributed by atoms with Crippen LogP contribution in [0.25, 0.3) is 0 Å². The zero-order valence-corrected chi connectivity index (χ0v) is 37.2. The van der Waals surface area contributed by atoms with E-state index in [1.807, 2.05) is 12.2 Å². The fourth-order valence-corrected chi connectivity index (χ4v) is 7.26. The first-order valence-corrected chi connectivity index (χ1v) is 24.3. The van der Waals surface area contributed by atoms with E-state index in [4.69, 9.17) is 18.9 Å². The van der Waals surface area contributed by atoms with E-state index in [2.05, 4.69) is 50.3 Å². The maximum atomic E-state index is 12.8. The standard InChI is InChI=1S/C46H80O12S/c1-3-5-7-9-11-13-15-17-19-20-21-23-25-27-29-31-33-35-42(48)57-39(37-56-46-45(51)44(50)43(49)40(58-46)38-59(52,53)54)36-55-41(47)34-32-30-28-26-24-22-18-16-14-12-10-8-6-4-2/h16-19,21,23,27,29,39-40,43-46,49-51H,3-15,20,22,24-26,28,30-38H2,1-2H3,(H,52,53,54)/b18-16+,19-17+,23-21+,29-27+/t39-,40-,43-,44?,45?,46+/m1/s1. The largest absolute Gasteiger partial charge is 0.462 e. The molecule has 12 nitrogen and oxygen atoms in total. The normalized spacial score (nSPS) is 20.7. The number of esters is 2. The zero-order chi connectivity index (χ0) is 43.4. The minimum atomic E-state index is -4.61. The highest BCUT2D eigenvalue weighted by atomic mass is 32.2. The van der Waals surface area contributed by atoms with Gasteiger partial charge in [-0.3, -0.25) is 14.1 Å². The van der Waals surface area contributed by atoms with Crippen LogP contribution >= 0.6 is 0 Å². The van der Waals surface area contributed by atoms with Crippen LogP contribution in [0.15, 0.2) is 48.6 Å². The minimum Gasteiger partial charge on any atom is -0.462 e. The summed E-state index contributed by atoms with van der Waals surface area (Å²) in [6.45, 7) is 3.69. The molecule has 1 rings (SSSR count). The smallest absolute Gasteiger partial charge is 0.306 e. The van der Waals surface area contributed by atoms with Crippen molar-refractivity contribution in [2.24, 2.45) is 0 Å². The third kappa shape index (κ3) is 31.2. The van der Waals surface area contributed by atoms with Crippen LogP contribution in [-0.2, 0) is 38.7 Å². The lowest BCUT2D eigenvalue weighted by Crippen LogP contribution is -2.60. The molecule has 0 aromatic rings. The molecular weight excluding hydrogens is 777 g/mol. The van der Waals surface area contributed by atoms with E-state index in [0.717, 1.165) is 57.8 Å². The Morgan fingerprint density at radius 2 is 1.03 bits per heavy atom. The minimum absolute atomic E-state index is 0.0900. The van der Waals surface area contributed by atoms with Gasteiger partial charge in [-0.25, -0.2) is 0 Å². The SMILES string of the molecule is CCCCCCC/C=C/CCCCCCCC(=O)OC[C@H](CO[C@H]1O[C@H](CS(=O)(=O)O)[C@@H](O)C(O)C1O)OC(=O)CCC/C=C/C/C=C/C/C=C/CCCCCCCC. The third-order valence-corrected chi connectivity index (χ3v) is 10.9. The Bertz CT molecular complexity index is 1280. The van der Waals surface area contributed by atoms with Gasteiger partial charge in [-0.1, -0.05) is 140 Å². The summed E-state index contributed by atoms with van der Waals surface area (Å²) in [6, 6.07) is 0. The van der Waals surface area contributed by atoms with Crippen LogP contribution in [0.5, 0.6) is 0 Å². The number of allylic oxidation sites excluding steroid dienone is 8. The van der Waals surface area contributed by atoms with E-state index in [-0.39, 0.29) is 19.4 Å². The molecule has 0 aromatic carbocycles. The number of carbonyl (C=O) groups excluding carboxylic acids is 2. The van der Waals surface area contributed by atoms with Gasteiger partial charge < -0.3 is 34.3 Å². The van der Waals surface area contributed by atoms with Crippen molar-refractivity contribution in [3.63, 3.8) is 0 Å². The highest BCUT2D eigenvalue weighted by Gasteiger charge is 2.46. The van der Waals surface area contributed by atoms with Crippen LogP contribution in [0.2, 0.25) is 0 Å². The third-order valence-electron chi connectivity index (χ3n) is 10.1. The number of hydrogen-bond acceptors (Lipinski definition) is 11. The molecule has 0 spiro atoms. The van der Waals surface area contributed by atoms with Gasteiger partial charge in [0.25, 0.3) is 10.1 Å². The summed E-state index contributed by atoms with van der Waals surface area (Å²) in [4.78, 5) is 25.4. The molecule has 342 valence electrons. The topological polar surface area (TPSA) is 186 Å². The molecule has 0 amide bonds. The average Bonchev–Trinajstić information content (AvgIpc) is 3.20. The van der Waals surface area contributed by atoms with E-state index < -0.39 is 71.2 Å². The molecule has 13 heteroatoms. The molecule has 1 saturated heterocycles. The summed E-state index contributed by atoms with van der Waals surface area (Å²) in [5, 5.41) is 30.9. The molecule has 4 N–H and O–H groups in total. The first-order chi connectivity index (χ1) is 28.5. The van der Waals surface area contributed by atoms with E-state index in [1.54, 1.807) is 0 Å². The maximum Gasteiger partial charge on any atom is 0.306 e. The van der Waals surface area contributed by atoms with Gasteiger partial charge in [0.2, 0.25) is 0 Å². The van der Waals surface area contributed by atoms with Crippen LogP contribution < -0.4 is 0 Å². The van der Waals surface area contributed by atoms with Crippen molar-refractivity contribution < 1.29 is 56.8 Å². The van der Waals surface area contributed by atoms with Crippen molar-refractivity contribution in [2.45, 2.75) is 211 Å². The first-order valence-electron chi connectivity index (χ1n) is 22.7. The lowest BCUT2D eigenvalue weighted by Gasteiger charge is -2.40. The molecule has 1 aliphatic rings. The Morgan fingerprint density at radius 3 is 1.58 bits per heavy atom. The second-order valence-corrected chi connectivity index (χ2v) is 17.2. The lowest BCUT2D eigenvalue weighted by molar-refractivity contribution is -0.297. The maximum absolute atomic E-state index is 12.8. The second kappa shape index (κ2) is 36.3. The molecule has 0 radical (unpaired) electrons. The molecule has 0 saturated carbocycles. The number of aliphatic hydroxyl groups is 3. The zero-order valence-electron chi connectivity index (χ0n) is 36.3. The Kier molecular flexibility index (Phi) is 33.6. The Balaban J connectivity index is 2.50. The number of hydrogen-bond donors (Lipinski definition) is 4. The second-order valence-electron chi connectivity index (χ2n) is 15.7. The monoisotopic (exact) mass is 857 g/mol. The average molecular weight is 857 g/mol. The van der Waals surface area contributed by atoms with Crippen LogP contribution in [0.4, 0.5) is 0 Å². The van der Waals surface area contributed by atoms with E-state index in [9.17, 15) is 37.9 Å². The molecule has 59 heavy (non-hydrogen) atoms. The number of ether oxygens (including phenoxy) is 4. The van der Waals surface area contributed by atoms with Gasteiger partial charge in [0.05, 0.1) is 6.61 Å². The highest BCUT2D eigenvalue weighted by Crippen LogP contribution is 2.24. The Morgan fingerprint density at radius 1 is 0.576 bits per heavy atom. The molecule has 6 atom stereocenters. The number of aliphatic hydroxyl groups excluding tert-OH is 3. The van der Waals surface area contributed by atoms with Crippen molar-refractivity contribution in [3.8, 4) is 0 Å². The van der Waals surface area contributed by atoms with Crippen molar-refractivity contribution in [1.82, 2.24) is 0 Å². The van der Waals surface area contributed by atoms with Gasteiger partial charge >= 0.3 is 11.9 Å². The molecule has 1 fully saturated rings. The fourth-order valence-electron chi connectivity index (χ4n) is 6.57. The number of carbonyl (C=O) groups is 2. The summed E-state index contributed by atoms with van der Waals surface area (Å²) in [5.74, 6) is -2.06. The van der Waals surface area contributed by atoms with Gasteiger partial charge in [0, 0.05) is 12.8 Å². The van der Waals surface area contributed by atoms with Gasteiger partial charge in [-0.15, -0.1) is 0 Å². The summed E-state index contributed by atoms with van der Waals surface area (Å²) in [5.41, 5.74) is 0. The first kappa shape index (κ1) is 54.6. The van der Waals surface area contributed by atoms with Crippen LogP contribution in [-0.4, -0.2) is 96.0 Å². The van der Waals surface area contributed by atoms with Gasteiger partial charge in [-0.2, -0.15) is 8.42 Å². The molecule has 2 unspecified atom stereocenters. The molecular formula is C46H80O12S. The van der Waals surface area contributed by atoms with Crippen molar-refractivity contribution in [3.05, 3.63) is 48.6 Å². The van der Waals surface area contributed by atoms with Crippen LogP contribution in [0.3, 0.4) is 0 Å². The van der Waals surface area contributed by atoms with Crippen LogP contribution in [0.1, 0.15) is 174 Å². The van der Waals surface area contributed by atoms with Gasteiger partial charge in [0.1, 0.15) is 36.8 Å². The molecule has 0 aliphatic carbocycles. The highest BCUT2D eigenvalue weighted by molar-refractivity contribution is 7.85. The van der Waals surface area contributed by atoms with E-state index in [1.165, 1.54) is 70.6 Å². The molecule has 1 aliphatic heterocycles. The van der Waals surface area contributed by atoms with E-state index >= 15 is 0 Å².